The Bertz CT molecular complexity index is 565. The molecule has 0 bridgehead atoms. The molecular weight excluding hydrogens is 272 g/mol. The third-order valence-electron chi connectivity index (χ3n) is 3.12. The average Bonchev–Trinajstić information content (AvgIpc) is 2.42. The van der Waals surface area contributed by atoms with Crippen molar-refractivity contribution in [2.75, 3.05) is 0 Å². The van der Waals surface area contributed by atoms with E-state index in [2.05, 4.69) is 37.6 Å². The van der Waals surface area contributed by atoms with Crippen LogP contribution in [0.2, 0.25) is 0 Å². The minimum absolute atomic E-state index is 0.612. The van der Waals surface area contributed by atoms with E-state index in [4.69, 9.17) is 12.2 Å². The summed E-state index contributed by atoms with van der Waals surface area (Å²) in [4.78, 5) is 3.26. The summed E-state index contributed by atoms with van der Waals surface area (Å²) in [5.74, 6) is 0. The number of fused-ring (bicyclic) bond motifs is 1. The molecule has 2 nitrogen and oxygen atoms in total. The summed E-state index contributed by atoms with van der Waals surface area (Å²) in [5, 5.41) is 0. The molecule has 0 unspecified atom stereocenters. The van der Waals surface area contributed by atoms with Gasteiger partial charge in [-0.1, -0.05) is 15.9 Å². The highest BCUT2D eigenvalue weighted by Crippen LogP contribution is 2.35. The van der Waals surface area contributed by atoms with Gasteiger partial charge in [0, 0.05) is 10.5 Å². The third kappa shape index (κ3) is 1.47. The van der Waals surface area contributed by atoms with E-state index in [0.29, 0.717) is 6.04 Å². The molecule has 15 heavy (non-hydrogen) atoms. The molecule has 0 atom stereocenters. The minimum atomic E-state index is 0.612. The summed E-state index contributed by atoms with van der Waals surface area (Å²) in [6.07, 6.45) is 3.84. The molecule has 1 aliphatic carbocycles. The molecule has 4 heteroatoms. The number of imidazole rings is 1. The number of hydrogen-bond acceptors (Lipinski definition) is 1. The van der Waals surface area contributed by atoms with Gasteiger partial charge in [0.05, 0.1) is 11.0 Å². The van der Waals surface area contributed by atoms with Crippen LogP contribution in [-0.2, 0) is 0 Å². The number of aromatic amines is 1. The summed E-state index contributed by atoms with van der Waals surface area (Å²) < 4.78 is 4.23. The lowest BCUT2D eigenvalue weighted by Crippen LogP contribution is -2.16. The Balaban J connectivity index is 2.29. The van der Waals surface area contributed by atoms with Crippen molar-refractivity contribution in [2.45, 2.75) is 25.3 Å². The quantitative estimate of drug-likeness (QED) is 0.778. The fraction of sp³-hybridized carbons (Fsp3) is 0.364. The molecule has 78 valence electrons. The second-order valence-electron chi connectivity index (χ2n) is 4.05. The van der Waals surface area contributed by atoms with Gasteiger partial charge in [-0.2, -0.15) is 0 Å². The van der Waals surface area contributed by atoms with E-state index in [1.807, 2.05) is 6.07 Å². The zero-order valence-corrected chi connectivity index (χ0v) is 10.6. The number of aromatic nitrogens is 2. The topological polar surface area (TPSA) is 20.7 Å². The van der Waals surface area contributed by atoms with Crippen LogP contribution in [0.5, 0.6) is 0 Å². The lowest BCUT2D eigenvalue weighted by atomic mass is 9.93. The van der Waals surface area contributed by atoms with Crippen LogP contribution in [-0.4, -0.2) is 9.55 Å². The van der Waals surface area contributed by atoms with Gasteiger partial charge in [0.15, 0.2) is 4.77 Å². The van der Waals surface area contributed by atoms with E-state index in [-0.39, 0.29) is 0 Å². The van der Waals surface area contributed by atoms with Crippen LogP contribution in [0.15, 0.2) is 22.7 Å². The minimum Gasteiger partial charge on any atom is -0.331 e. The van der Waals surface area contributed by atoms with Crippen LogP contribution in [0, 0.1) is 4.77 Å². The van der Waals surface area contributed by atoms with Gasteiger partial charge in [-0.05, 0) is 49.7 Å². The van der Waals surface area contributed by atoms with Gasteiger partial charge in [0.2, 0.25) is 0 Å². The highest BCUT2D eigenvalue weighted by Gasteiger charge is 2.21. The number of benzene rings is 1. The highest BCUT2D eigenvalue weighted by molar-refractivity contribution is 9.10. The van der Waals surface area contributed by atoms with Crippen LogP contribution >= 0.6 is 28.1 Å². The maximum atomic E-state index is 5.36. The molecule has 1 aromatic carbocycles. The van der Waals surface area contributed by atoms with E-state index >= 15 is 0 Å². The third-order valence-corrected chi connectivity index (χ3v) is 3.91. The SMILES string of the molecule is S=c1[nH]c2ccc(Br)cc2n1C1CCC1. The van der Waals surface area contributed by atoms with Gasteiger partial charge in [0.25, 0.3) is 0 Å². The van der Waals surface area contributed by atoms with Crippen molar-refractivity contribution in [3.63, 3.8) is 0 Å². The Hall–Kier alpha value is -0.610. The van der Waals surface area contributed by atoms with Gasteiger partial charge in [-0.25, -0.2) is 0 Å². The maximum absolute atomic E-state index is 5.36. The number of halogens is 1. The Morgan fingerprint density at radius 1 is 1.40 bits per heavy atom. The average molecular weight is 283 g/mol. The number of rotatable bonds is 1. The Morgan fingerprint density at radius 3 is 2.87 bits per heavy atom. The summed E-state index contributed by atoms with van der Waals surface area (Å²) in [5.41, 5.74) is 2.36. The van der Waals surface area contributed by atoms with E-state index in [0.717, 1.165) is 14.8 Å². The van der Waals surface area contributed by atoms with Gasteiger partial charge in [-0.15, -0.1) is 0 Å². The van der Waals surface area contributed by atoms with Crippen molar-refractivity contribution >= 4 is 39.2 Å². The predicted octanol–water partition coefficient (Wildman–Crippen LogP) is 4.19. The van der Waals surface area contributed by atoms with E-state index < -0.39 is 0 Å². The van der Waals surface area contributed by atoms with Crippen LogP contribution < -0.4 is 0 Å². The summed E-state index contributed by atoms with van der Waals surface area (Å²) in [6.45, 7) is 0. The van der Waals surface area contributed by atoms with Crippen molar-refractivity contribution in [2.24, 2.45) is 0 Å². The summed E-state index contributed by atoms with van der Waals surface area (Å²) in [7, 11) is 0. The summed E-state index contributed by atoms with van der Waals surface area (Å²) in [6, 6.07) is 6.86. The van der Waals surface area contributed by atoms with Gasteiger partial charge in [-0.3, -0.25) is 0 Å². The molecule has 0 amide bonds. The van der Waals surface area contributed by atoms with Crippen LogP contribution in [0.4, 0.5) is 0 Å². The first-order valence-electron chi connectivity index (χ1n) is 5.15. The fourth-order valence-electron chi connectivity index (χ4n) is 2.10. The second kappa shape index (κ2) is 3.46. The predicted molar refractivity (Wildman–Crippen MR) is 67.7 cm³/mol. The monoisotopic (exact) mass is 282 g/mol. The Labute approximate surface area is 101 Å². The molecule has 3 rings (SSSR count). The number of hydrogen-bond donors (Lipinski definition) is 1. The second-order valence-corrected chi connectivity index (χ2v) is 5.35. The molecule has 0 saturated heterocycles. The first-order chi connectivity index (χ1) is 7.25. The maximum Gasteiger partial charge on any atom is 0.178 e. The van der Waals surface area contributed by atoms with Gasteiger partial charge >= 0.3 is 0 Å². The number of H-pyrrole nitrogens is 1. The molecule has 1 saturated carbocycles. The van der Waals surface area contributed by atoms with Crippen molar-refractivity contribution in [1.82, 2.24) is 9.55 Å². The largest absolute Gasteiger partial charge is 0.331 e. The number of nitrogens with zero attached hydrogens (tertiary/aromatic N) is 1. The summed E-state index contributed by atoms with van der Waals surface area (Å²) >= 11 is 8.87. The molecule has 0 spiro atoms. The Kier molecular flexibility index (Phi) is 2.21. The first-order valence-corrected chi connectivity index (χ1v) is 6.35. The molecule has 0 radical (unpaired) electrons. The van der Waals surface area contributed by atoms with Crippen LogP contribution in [0.25, 0.3) is 11.0 Å². The van der Waals surface area contributed by atoms with Crippen molar-refractivity contribution in [3.8, 4) is 0 Å². The zero-order chi connectivity index (χ0) is 10.4. The standard InChI is InChI=1S/C11H11BrN2S/c12-7-4-5-9-10(6-7)14(11(15)13-9)8-2-1-3-8/h4-6,8H,1-3H2,(H,13,15). The van der Waals surface area contributed by atoms with Crippen molar-refractivity contribution in [3.05, 3.63) is 27.4 Å². The first kappa shape index (κ1) is 9.60. The van der Waals surface area contributed by atoms with Gasteiger partial charge in [0.1, 0.15) is 0 Å². The molecule has 1 N–H and O–H groups in total. The highest BCUT2D eigenvalue weighted by atomic mass is 79.9. The molecule has 1 fully saturated rings. The van der Waals surface area contributed by atoms with Crippen molar-refractivity contribution in [1.29, 1.82) is 0 Å². The van der Waals surface area contributed by atoms with E-state index in [1.165, 1.54) is 24.8 Å². The van der Waals surface area contributed by atoms with E-state index in [1.54, 1.807) is 0 Å². The lowest BCUT2D eigenvalue weighted by Gasteiger charge is -2.27. The normalized spacial score (nSPS) is 16.9. The fourth-order valence-corrected chi connectivity index (χ4v) is 2.81. The molecular formula is C11H11BrN2S. The molecule has 1 aliphatic rings. The molecule has 1 aromatic heterocycles. The van der Waals surface area contributed by atoms with Crippen LogP contribution in [0.1, 0.15) is 25.3 Å². The zero-order valence-electron chi connectivity index (χ0n) is 8.16. The molecule has 0 aliphatic heterocycles. The molecule has 2 aromatic rings. The Morgan fingerprint density at radius 2 is 2.20 bits per heavy atom. The molecule has 1 heterocycles. The van der Waals surface area contributed by atoms with Crippen LogP contribution in [0.3, 0.4) is 0 Å². The smallest absolute Gasteiger partial charge is 0.178 e. The number of nitrogens with one attached hydrogen (secondary N) is 1. The van der Waals surface area contributed by atoms with Crippen molar-refractivity contribution < 1.29 is 0 Å². The lowest BCUT2D eigenvalue weighted by molar-refractivity contribution is 0.318. The van der Waals surface area contributed by atoms with E-state index in [9.17, 15) is 0 Å². The van der Waals surface area contributed by atoms with Gasteiger partial charge < -0.3 is 9.55 Å².